The van der Waals surface area contributed by atoms with Crippen LogP contribution >= 0.6 is 11.6 Å². The van der Waals surface area contributed by atoms with Crippen LogP contribution in [0.2, 0.25) is 5.02 Å². The number of esters is 1. The number of rotatable bonds is 3. The predicted octanol–water partition coefficient (Wildman–Crippen LogP) is 3.77. The number of urea groups is 1. The van der Waals surface area contributed by atoms with E-state index in [0.29, 0.717) is 16.4 Å². The van der Waals surface area contributed by atoms with Crippen molar-refractivity contribution < 1.29 is 14.3 Å². The summed E-state index contributed by atoms with van der Waals surface area (Å²) in [6, 6.07) is 12.9. The third kappa shape index (κ3) is 3.73. The van der Waals surface area contributed by atoms with Gasteiger partial charge in [-0.05, 0) is 24.3 Å². The Hall–Kier alpha value is -2.53. The van der Waals surface area contributed by atoms with Gasteiger partial charge in [0, 0.05) is 0 Å². The van der Waals surface area contributed by atoms with E-state index < -0.39 is 12.0 Å². The van der Waals surface area contributed by atoms with Crippen LogP contribution in [0.1, 0.15) is 10.4 Å². The molecule has 2 aromatic rings. The molecule has 21 heavy (non-hydrogen) atoms. The first-order chi connectivity index (χ1) is 10.1. The maximum Gasteiger partial charge on any atom is 0.339 e. The number of para-hydroxylation sites is 2. The molecule has 0 saturated heterocycles. The molecule has 0 bridgehead atoms. The number of carbonyl (C=O) groups is 2. The average Bonchev–Trinajstić information content (AvgIpc) is 2.49. The molecule has 108 valence electrons. The second-order valence-electron chi connectivity index (χ2n) is 4.10. The molecular weight excluding hydrogens is 292 g/mol. The zero-order valence-electron chi connectivity index (χ0n) is 11.2. The lowest BCUT2D eigenvalue weighted by atomic mass is 10.2. The van der Waals surface area contributed by atoms with Crippen LogP contribution in [0, 0.1) is 0 Å². The normalized spacial score (nSPS) is 9.81. The van der Waals surface area contributed by atoms with Gasteiger partial charge in [-0.1, -0.05) is 35.9 Å². The van der Waals surface area contributed by atoms with Gasteiger partial charge in [0.05, 0.1) is 29.1 Å². The van der Waals surface area contributed by atoms with E-state index >= 15 is 0 Å². The third-order valence-corrected chi connectivity index (χ3v) is 3.03. The largest absolute Gasteiger partial charge is 0.465 e. The van der Waals surface area contributed by atoms with Gasteiger partial charge in [0.15, 0.2) is 0 Å². The first-order valence-corrected chi connectivity index (χ1v) is 6.49. The van der Waals surface area contributed by atoms with Crippen LogP contribution in [-0.4, -0.2) is 19.1 Å². The van der Waals surface area contributed by atoms with E-state index in [9.17, 15) is 9.59 Å². The molecule has 0 spiro atoms. The summed E-state index contributed by atoms with van der Waals surface area (Å²) in [5.41, 5.74) is 1.11. The summed E-state index contributed by atoms with van der Waals surface area (Å²) in [6.45, 7) is 0. The van der Waals surface area contributed by atoms with Crippen LogP contribution in [0.4, 0.5) is 16.2 Å². The molecule has 5 nitrogen and oxygen atoms in total. The number of hydrogen-bond donors (Lipinski definition) is 2. The fraction of sp³-hybridized carbons (Fsp3) is 0.0667. The quantitative estimate of drug-likeness (QED) is 0.848. The second kappa shape index (κ2) is 6.76. The van der Waals surface area contributed by atoms with Crippen molar-refractivity contribution in [2.45, 2.75) is 0 Å². The van der Waals surface area contributed by atoms with Crippen LogP contribution < -0.4 is 10.6 Å². The van der Waals surface area contributed by atoms with E-state index in [0.717, 1.165) is 0 Å². The highest BCUT2D eigenvalue weighted by atomic mass is 35.5. The van der Waals surface area contributed by atoms with Crippen molar-refractivity contribution in [3.63, 3.8) is 0 Å². The molecule has 2 aromatic carbocycles. The Bertz CT molecular complexity index is 673. The Morgan fingerprint density at radius 2 is 1.52 bits per heavy atom. The summed E-state index contributed by atoms with van der Waals surface area (Å²) in [4.78, 5) is 23.6. The molecule has 0 radical (unpaired) electrons. The van der Waals surface area contributed by atoms with Crippen LogP contribution in [0.25, 0.3) is 0 Å². The summed E-state index contributed by atoms with van der Waals surface area (Å²) in [6.07, 6.45) is 0. The molecule has 0 fully saturated rings. The number of hydrogen-bond acceptors (Lipinski definition) is 3. The highest BCUT2D eigenvalue weighted by Crippen LogP contribution is 2.21. The van der Waals surface area contributed by atoms with Crippen molar-refractivity contribution in [3.8, 4) is 0 Å². The summed E-state index contributed by atoms with van der Waals surface area (Å²) in [5.74, 6) is -0.524. The number of amides is 2. The minimum atomic E-state index is -0.524. The molecule has 0 saturated carbocycles. The lowest BCUT2D eigenvalue weighted by Gasteiger charge is -2.11. The molecule has 0 unspecified atom stereocenters. The maximum atomic E-state index is 12.0. The minimum Gasteiger partial charge on any atom is -0.465 e. The van der Waals surface area contributed by atoms with E-state index in [-0.39, 0.29) is 5.56 Å². The molecule has 6 heteroatoms. The zero-order chi connectivity index (χ0) is 15.2. The van der Waals surface area contributed by atoms with Crippen molar-refractivity contribution in [2.24, 2.45) is 0 Å². The summed E-state index contributed by atoms with van der Waals surface area (Å²) < 4.78 is 4.66. The van der Waals surface area contributed by atoms with E-state index in [1.54, 1.807) is 48.5 Å². The molecule has 0 heterocycles. The number of carbonyl (C=O) groups excluding carboxylic acids is 2. The molecular formula is C15H13ClN2O3. The first kappa shape index (κ1) is 14.9. The zero-order valence-corrected chi connectivity index (χ0v) is 12.0. The van der Waals surface area contributed by atoms with Crippen molar-refractivity contribution in [1.82, 2.24) is 0 Å². The smallest absolute Gasteiger partial charge is 0.339 e. The maximum absolute atomic E-state index is 12.0. The van der Waals surface area contributed by atoms with E-state index in [1.165, 1.54) is 7.11 Å². The molecule has 2 amide bonds. The second-order valence-corrected chi connectivity index (χ2v) is 4.50. The highest BCUT2D eigenvalue weighted by molar-refractivity contribution is 6.33. The Labute approximate surface area is 126 Å². The third-order valence-electron chi connectivity index (χ3n) is 2.70. The monoisotopic (exact) mass is 304 g/mol. The van der Waals surface area contributed by atoms with Crippen LogP contribution in [0.5, 0.6) is 0 Å². The van der Waals surface area contributed by atoms with Crippen molar-refractivity contribution in [1.29, 1.82) is 0 Å². The van der Waals surface area contributed by atoms with Gasteiger partial charge < -0.3 is 15.4 Å². The number of ether oxygens (including phenoxy) is 1. The fourth-order valence-electron chi connectivity index (χ4n) is 1.72. The van der Waals surface area contributed by atoms with Gasteiger partial charge in [-0.15, -0.1) is 0 Å². The topological polar surface area (TPSA) is 67.4 Å². The Morgan fingerprint density at radius 3 is 2.19 bits per heavy atom. The molecule has 0 atom stereocenters. The van der Waals surface area contributed by atoms with Gasteiger partial charge in [0.2, 0.25) is 0 Å². The minimum absolute atomic E-state index is 0.273. The number of nitrogens with one attached hydrogen (secondary N) is 2. The van der Waals surface area contributed by atoms with Crippen molar-refractivity contribution in [2.75, 3.05) is 17.7 Å². The van der Waals surface area contributed by atoms with E-state index in [1.807, 2.05) is 0 Å². The standard InChI is InChI=1S/C15H13ClN2O3/c1-21-14(19)10-6-2-4-8-12(10)17-15(20)18-13-9-5-3-7-11(13)16/h2-9H,1H3,(H2,17,18,20). The number of halogens is 1. The molecule has 0 aliphatic rings. The van der Waals surface area contributed by atoms with Gasteiger partial charge in [-0.25, -0.2) is 9.59 Å². The van der Waals surface area contributed by atoms with Gasteiger partial charge in [-0.2, -0.15) is 0 Å². The summed E-state index contributed by atoms with van der Waals surface area (Å²) in [7, 11) is 1.28. The van der Waals surface area contributed by atoms with Gasteiger partial charge >= 0.3 is 12.0 Å². The predicted molar refractivity (Wildman–Crippen MR) is 81.9 cm³/mol. The number of anilines is 2. The Morgan fingerprint density at radius 1 is 0.952 bits per heavy atom. The van der Waals surface area contributed by atoms with Crippen molar-refractivity contribution in [3.05, 3.63) is 59.1 Å². The van der Waals surface area contributed by atoms with Gasteiger partial charge in [-0.3, -0.25) is 0 Å². The number of methoxy groups -OCH3 is 1. The van der Waals surface area contributed by atoms with E-state index in [2.05, 4.69) is 15.4 Å². The Balaban J connectivity index is 2.14. The Kier molecular flexibility index (Phi) is 4.79. The SMILES string of the molecule is COC(=O)c1ccccc1NC(=O)Nc1ccccc1Cl. The number of benzene rings is 2. The molecule has 0 aliphatic carbocycles. The van der Waals surface area contributed by atoms with E-state index in [4.69, 9.17) is 11.6 Å². The molecule has 0 aromatic heterocycles. The summed E-state index contributed by atoms with van der Waals surface area (Å²) >= 11 is 5.96. The van der Waals surface area contributed by atoms with Gasteiger partial charge in [0.25, 0.3) is 0 Å². The first-order valence-electron chi connectivity index (χ1n) is 6.11. The lowest BCUT2D eigenvalue weighted by Crippen LogP contribution is -2.21. The summed E-state index contributed by atoms with van der Waals surface area (Å²) in [5, 5.41) is 5.63. The average molecular weight is 305 g/mol. The van der Waals surface area contributed by atoms with Crippen LogP contribution in [-0.2, 0) is 4.74 Å². The highest BCUT2D eigenvalue weighted by Gasteiger charge is 2.13. The lowest BCUT2D eigenvalue weighted by molar-refractivity contribution is 0.0602. The van der Waals surface area contributed by atoms with Crippen molar-refractivity contribution >= 4 is 35.0 Å². The van der Waals surface area contributed by atoms with Crippen LogP contribution in [0.3, 0.4) is 0 Å². The molecule has 2 rings (SSSR count). The van der Waals surface area contributed by atoms with Crippen LogP contribution in [0.15, 0.2) is 48.5 Å². The van der Waals surface area contributed by atoms with Gasteiger partial charge in [0.1, 0.15) is 0 Å². The molecule has 0 aliphatic heterocycles. The fourth-order valence-corrected chi connectivity index (χ4v) is 1.90. The molecule has 2 N–H and O–H groups in total.